The molecule has 3 fully saturated rings. The molecule has 2 bridgehead atoms. The van der Waals surface area contributed by atoms with Crippen LogP contribution in [0.1, 0.15) is 60.9 Å². The highest BCUT2D eigenvalue weighted by Gasteiger charge is 2.37. The smallest absolute Gasteiger partial charge is 0.320 e. The molecule has 27 heavy (non-hydrogen) atoms. The lowest BCUT2D eigenvalue weighted by atomic mass is 9.90. The number of nitrogens with zero attached hydrogens (tertiary/aromatic N) is 3. The molecule has 1 aromatic rings. The molecule has 0 spiro atoms. The maximum absolute atomic E-state index is 12.9. The molecule has 2 aliphatic heterocycles. The second-order valence-electron chi connectivity index (χ2n) is 8.53. The van der Waals surface area contributed by atoms with Crippen molar-refractivity contribution in [3.63, 3.8) is 0 Å². The molecule has 4 rings (SSSR count). The van der Waals surface area contributed by atoms with Crippen molar-refractivity contribution in [3.8, 4) is 0 Å². The number of urea groups is 1. The highest BCUT2D eigenvalue weighted by molar-refractivity contribution is 5.94. The number of carbonyl (C=O) groups is 2. The molecule has 2 heterocycles. The van der Waals surface area contributed by atoms with Crippen molar-refractivity contribution in [2.24, 2.45) is 5.92 Å². The number of hydrogen-bond acceptors (Lipinski definition) is 2. The van der Waals surface area contributed by atoms with E-state index in [0.717, 1.165) is 50.0 Å². The van der Waals surface area contributed by atoms with Crippen LogP contribution in [0.15, 0.2) is 24.3 Å². The van der Waals surface area contributed by atoms with Gasteiger partial charge in [0.25, 0.3) is 5.91 Å². The van der Waals surface area contributed by atoms with Crippen molar-refractivity contribution in [1.29, 1.82) is 0 Å². The van der Waals surface area contributed by atoms with Gasteiger partial charge in [0.05, 0.1) is 0 Å². The van der Waals surface area contributed by atoms with E-state index in [1.54, 1.807) is 4.90 Å². The number of hydrogen-bond donors (Lipinski definition) is 0. The minimum Gasteiger partial charge on any atom is -0.335 e. The topological polar surface area (TPSA) is 43.9 Å². The molecule has 1 aromatic carbocycles. The van der Waals surface area contributed by atoms with Gasteiger partial charge in [-0.2, -0.15) is 0 Å². The predicted octanol–water partition coefficient (Wildman–Crippen LogP) is 3.74. The molecule has 2 saturated heterocycles. The standard InChI is InChI=1S/C22H31N3O2/c1-23(22(27)24-12-3-2-4-13-24)15-17-8-10-19(11-9-17)21(26)25-16-18-6-5-7-20(25)14-18/h8-11,18,20H,2-7,12-16H2,1H3. The monoisotopic (exact) mass is 369 g/mol. The molecule has 5 heteroatoms. The first-order valence-electron chi connectivity index (χ1n) is 10.5. The molecule has 2 atom stereocenters. The van der Waals surface area contributed by atoms with Crippen LogP contribution in [0.5, 0.6) is 0 Å². The van der Waals surface area contributed by atoms with Crippen molar-refractivity contribution in [2.45, 2.75) is 57.5 Å². The van der Waals surface area contributed by atoms with Gasteiger partial charge in [-0.3, -0.25) is 4.79 Å². The minimum atomic E-state index is 0.110. The molecular formula is C22H31N3O2. The van der Waals surface area contributed by atoms with Crippen LogP contribution in [0.2, 0.25) is 0 Å². The number of carbonyl (C=O) groups excluding carboxylic acids is 2. The Hall–Kier alpha value is -2.04. The summed E-state index contributed by atoms with van der Waals surface area (Å²) in [5.74, 6) is 0.884. The van der Waals surface area contributed by atoms with Crippen LogP contribution in [0.4, 0.5) is 4.79 Å². The molecule has 3 aliphatic rings. The second kappa shape index (κ2) is 7.91. The highest BCUT2D eigenvalue weighted by atomic mass is 16.2. The van der Waals surface area contributed by atoms with Gasteiger partial charge in [0, 0.05) is 44.8 Å². The normalized spacial score (nSPS) is 24.8. The van der Waals surface area contributed by atoms with Crippen LogP contribution in [0, 0.1) is 5.92 Å². The predicted molar refractivity (Wildman–Crippen MR) is 106 cm³/mol. The van der Waals surface area contributed by atoms with E-state index in [2.05, 4.69) is 4.90 Å². The van der Waals surface area contributed by atoms with E-state index >= 15 is 0 Å². The Kier molecular flexibility index (Phi) is 5.37. The minimum absolute atomic E-state index is 0.110. The summed E-state index contributed by atoms with van der Waals surface area (Å²) in [5.41, 5.74) is 1.84. The van der Waals surface area contributed by atoms with E-state index in [-0.39, 0.29) is 11.9 Å². The first-order valence-corrected chi connectivity index (χ1v) is 10.5. The van der Waals surface area contributed by atoms with Gasteiger partial charge in [0.2, 0.25) is 0 Å². The first kappa shape index (κ1) is 18.3. The third kappa shape index (κ3) is 3.97. The number of amides is 3. The van der Waals surface area contributed by atoms with E-state index in [9.17, 15) is 9.59 Å². The number of fused-ring (bicyclic) bond motifs is 2. The third-order valence-corrected chi connectivity index (χ3v) is 6.49. The molecule has 3 amide bonds. The fourth-order valence-corrected chi connectivity index (χ4v) is 4.97. The molecule has 0 radical (unpaired) electrons. The highest BCUT2D eigenvalue weighted by Crippen LogP contribution is 2.36. The van der Waals surface area contributed by atoms with Crippen LogP contribution < -0.4 is 0 Å². The number of rotatable bonds is 3. The maximum Gasteiger partial charge on any atom is 0.320 e. The van der Waals surface area contributed by atoms with Crippen LogP contribution in [0.3, 0.4) is 0 Å². The lowest BCUT2D eigenvalue weighted by Gasteiger charge is -2.31. The van der Waals surface area contributed by atoms with Gasteiger partial charge in [-0.05, 0) is 62.1 Å². The van der Waals surface area contributed by atoms with E-state index in [1.807, 2.05) is 36.2 Å². The summed E-state index contributed by atoms with van der Waals surface area (Å²) in [6, 6.07) is 8.41. The molecule has 2 unspecified atom stereocenters. The Morgan fingerprint density at radius 3 is 2.48 bits per heavy atom. The summed E-state index contributed by atoms with van der Waals surface area (Å²) in [7, 11) is 1.86. The summed E-state index contributed by atoms with van der Waals surface area (Å²) in [6.45, 7) is 3.25. The summed E-state index contributed by atoms with van der Waals surface area (Å²) < 4.78 is 0. The largest absolute Gasteiger partial charge is 0.335 e. The Morgan fingerprint density at radius 1 is 1.04 bits per heavy atom. The molecule has 146 valence electrons. The van der Waals surface area contributed by atoms with Crippen LogP contribution in [0.25, 0.3) is 0 Å². The summed E-state index contributed by atoms with van der Waals surface area (Å²) in [6.07, 6.45) is 8.31. The quantitative estimate of drug-likeness (QED) is 0.815. The van der Waals surface area contributed by atoms with Gasteiger partial charge in [-0.1, -0.05) is 18.6 Å². The number of piperidine rings is 1. The zero-order valence-corrected chi connectivity index (χ0v) is 16.4. The van der Waals surface area contributed by atoms with Crippen molar-refractivity contribution in [2.75, 3.05) is 26.7 Å². The maximum atomic E-state index is 12.9. The molecule has 0 N–H and O–H groups in total. The summed E-state index contributed by atoms with van der Waals surface area (Å²) in [5, 5.41) is 0. The molecule has 1 aliphatic carbocycles. The molecule has 5 nitrogen and oxygen atoms in total. The van der Waals surface area contributed by atoms with E-state index < -0.39 is 0 Å². The lowest BCUT2D eigenvalue weighted by Crippen LogP contribution is -2.43. The Balaban J connectivity index is 1.35. The van der Waals surface area contributed by atoms with E-state index in [0.29, 0.717) is 18.5 Å². The van der Waals surface area contributed by atoms with Crippen molar-refractivity contribution in [3.05, 3.63) is 35.4 Å². The van der Waals surface area contributed by atoms with Crippen LogP contribution in [-0.4, -0.2) is 59.4 Å². The Bertz CT molecular complexity index is 681. The fraction of sp³-hybridized carbons (Fsp3) is 0.636. The SMILES string of the molecule is CN(Cc1ccc(C(=O)N2CC3CCCC2C3)cc1)C(=O)N1CCCCC1. The fourth-order valence-electron chi connectivity index (χ4n) is 4.97. The van der Waals surface area contributed by atoms with Gasteiger partial charge >= 0.3 is 6.03 Å². The van der Waals surface area contributed by atoms with E-state index in [4.69, 9.17) is 0 Å². The zero-order chi connectivity index (χ0) is 18.8. The van der Waals surface area contributed by atoms with Crippen molar-refractivity contribution < 1.29 is 9.59 Å². The van der Waals surface area contributed by atoms with Gasteiger partial charge in [0.15, 0.2) is 0 Å². The molecule has 1 saturated carbocycles. The van der Waals surface area contributed by atoms with Gasteiger partial charge < -0.3 is 14.7 Å². The Morgan fingerprint density at radius 2 is 1.78 bits per heavy atom. The third-order valence-electron chi connectivity index (χ3n) is 6.49. The second-order valence-corrected chi connectivity index (χ2v) is 8.53. The molecular weight excluding hydrogens is 338 g/mol. The van der Waals surface area contributed by atoms with Crippen LogP contribution >= 0.6 is 0 Å². The zero-order valence-electron chi connectivity index (χ0n) is 16.4. The summed E-state index contributed by atoms with van der Waals surface area (Å²) in [4.78, 5) is 31.3. The van der Waals surface area contributed by atoms with Crippen molar-refractivity contribution in [1.82, 2.24) is 14.7 Å². The average Bonchev–Trinajstić information content (AvgIpc) is 3.01. The average molecular weight is 370 g/mol. The number of benzene rings is 1. The van der Waals surface area contributed by atoms with Crippen LogP contribution in [-0.2, 0) is 6.54 Å². The number of likely N-dealkylation sites (tertiary alicyclic amines) is 2. The molecule has 0 aromatic heterocycles. The van der Waals surface area contributed by atoms with Gasteiger partial charge in [-0.15, -0.1) is 0 Å². The van der Waals surface area contributed by atoms with Gasteiger partial charge in [0.1, 0.15) is 0 Å². The van der Waals surface area contributed by atoms with Gasteiger partial charge in [-0.25, -0.2) is 4.79 Å². The van der Waals surface area contributed by atoms with Crippen molar-refractivity contribution >= 4 is 11.9 Å². The summed E-state index contributed by atoms with van der Waals surface area (Å²) >= 11 is 0. The Labute approximate surface area is 162 Å². The first-order chi connectivity index (χ1) is 13.1. The lowest BCUT2D eigenvalue weighted by molar-refractivity contribution is 0.0733. The van der Waals surface area contributed by atoms with E-state index in [1.165, 1.54) is 25.7 Å².